The van der Waals surface area contributed by atoms with E-state index in [2.05, 4.69) is 19.2 Å². The fourth-order valence-corrected chi connectivity index (χ4v) is 2.34. The Kier molecular flexibility index (Phi) is 8.47. The lowest BCUT2D eigenvalue weighted by atomic mass is 9.94. The van der Waals surface area contributed by atoms with Gasteiger partial charge in [-0.05, 0) is 55.8 Å². The molecule has 0 saturated carbocycles. The van der Waals surface area contributed by atoms with Crippen LogP contribution in [0.5, 0.6) is 0 Å². The van der Waals surface area contributed by atoms with Gasteiger partial charge in [-0.2, -0.15) is 0 Å². The van der Waals surface area contributed by atoms with Gasteiger partial charge in [-0.15, -0.1) is 0 Å². The van der Waals surface area contributed by atoms with Crippen LogP contribution in [-0.4, -0.2) is 26.8 Å². The standard InChI is InChI=1S/C17H28FNO/c1-14(2)12-19-13-15(7-6-10-20-3)11-16-8-4-5-9-17(16)18/h4-5,8-9,14-15,19H,6-7,10-13H2,1-3H3. The second-order valence-electron chi connectivity index (χ2n) is 5.85. The molecule has 1 atom stereocenters. The van der Waals surface area contributed by atoms with Gasteiger partial charge in [-0.25, -0.2) is 4.39 Å². The summed E-state index contributed by atoms with van der Waals surface area (Å²) in [5.74, 6) is 1.01. The third kappa shape index (κ3) is 7.01. The summed E-state index contributed by atoms with van der Waals surface area (Å²) < 4.78 is 18.9. The van der Waals surface area contributed by atoms with Gasteiger partial charge in [0, 0.05) is 13.7 Å². The summed E-state index contributed by atoms with van der Waals surface area (Å²) in [5, 5.41) is 3.49. The first-order valence-corrected chi connectivity index (χ1v) is 7.56. The van der Waals surface area contributed by atoms with Gasteiger partial charge in [0.05, 0.1) is 0 Å². The average molecular weight is 281 g/mol. The van der Waals surface area contributed by atoms with E-state index in [0.29, 0.717) is 11.8 Å². The fraction of sp³-hybridized carbons (Fsp3) is 0.647. The molecule has 1 unspecified atom stereocenters. The van der Waals surface area contributed by atoms with Gasteiger partial charge < -0.3 is 10.1 Å². The van der Waals surface area contributed by atoms with Gasteiger partial charge in [0.1, 0.15) is 5.82 Å². The molecule has 20 heavy (non-hydrogen) atoms. The Morgan fingerprint density at radius 1 is 1.20 bits per heavy atom. The lowest BCUT2D eigenvalue weighted by Crippen LogP contribution is -2.28. The fourth-order valence-electron chi connectivity index (χ4n) is 2.34. The van der Waals surface area contributed by atoms with Crippen molar-refractivity contribution in [3.8, 4) is 0 Å². The molecule has 3 heteroatoms. The van der Waals surface area contributed by atoms with Gasteiger partial charge in [-0.1, -0.05) is 32.0 Å². The minimum absolute atomic E-state index is 0.0897. The van der Waals surface area contributed by atoms with Crippen LogP contribution in [0.25, 0.3) is 0 Å². The lowest BCUT2D eigenvalue weighted by molar-refractivity contribution is 0.186. The van der Waals surface area contributed by atoms with E-state index < -0.39 is 0 Å². The summed E-state index contributed by atoms with van der Waals surface area (Å²) in [4.78, 5) is 0. The van der Waals surface area contributed by atoms with E-state index in [4.69, 9.17) is 4.74 Å². The Bertz CT molecular complexity index is 368. The molecule has 0 aliphatic rings. The van der Waals surface area contributed by atoms with E-state index in [9.17, 15) is 4.39 Å². The van der Waals surface area contributed by atoms with Gasteiger partial charge in [0.15, 0.2) is 0 Å². The highest BCUT2D eigenvalue weighted by molar-refractivity contribution is 5.17. The molecule has 0 saturated heterocycles. The molecule has 0 aliphatic heterocycles. The molecular weight excluding hydrogens is 253 g/mol. The van der Waals surface area contributed by atoms with Crippen LogP contribution in [0.4, 0.5) is 4.39 Å². The second-order valence-corrected chi connectivity index (χ2v) is 5.85. The molecule has 1 N–H and O–H groups in total. The highest BCUT2D eigenvalue weighted by Crippen LogP contribution is 2.16. The number of hydrogen-bond donors (Lipinski definition) is 1. The normalized spacial score (nSPS) is 12.8. The third-order valence-corrected chi connectivity index (χ3v) is 3.41. The minimum atomic E-state index is -0.0897. The highest BCUT2D eigenvalue weighted by Gasteiger charge is 2.12. The van der Waals surface area contributed by atoms with Crippen molar-refractivity contribution in [2.24, 2.45) is 11.8 Å². The number of rotatable bonds is 10. The average Bonchev–Trinajstić information content (AvgIpc) is 2.41. The van der Waals surface area contributed by atoms with Crippen LogP contribution in [0.3, 0.4) is 0 Å². The largest absolute Gasteiger partial charge is 0.385 e. The van der Waals surface area contributed by atoms with E-state index in [0.717, 1.165) is 44.5 Å². The first kappa shape index (κ1) is 17.1. The molecule has 0 fully saturated rings. The van der Waals surface area contributed by atoms with E-state index >= 15 is 0 Å². The summed E-state index contributed by atoms with van der Waals surface area (Å²) in [6.07, 6.45) is 2.88. The van der Waals surface area contributed by atoms with Crippen molar-refractivity contribution in [1.82, 2.24) is 5.32 Å². The smallest absolute Gasteiger partial charge is 0.126 e. The summed E-state index contributed by atoms with van der Waals surface area (Å²) in [7, 11) is 1.73. The van der Waals surface area contributed by atoms with Crippen molar-refractivity contribution in [1.29, 1.82) is 0 Å². The van der Waals surface area contributed by atoms with Gasteiger partial charge in [-0.3, -0.25) is 0 Å². The van der Waals surface area contributed by atoms with Crippen molar-refractivity contribution < 1.29 is 9.13 Å². The third-order valence-electron chi connectivity index (χ3n) is 3.41. The Morgan fingerprint density at radius 2 is 1.95 bits per heavy atom. The molecule has 0 aliphatic carbocycles. The molecule has 0 aromatic heterocycles. The Morgan fingerprint density at radius 3 is 2.60 bits per heavy atom. The molecule has 0 heterocycles. The predicted molar refractivity (Wildman–Crippen MR) is 82.4 cm³/mol. The number of halogens is 1. The topological polar surface area (TPSA) is 21.3 Å². The molecule has 0 bridgehead atoms. The maximum Gasteiger partial charge on any atom is 0.126 e. The number of nitrogens with one attached hydrogen (secondary N) is 1. The zero-order valence-corrected chi connectivity index (χ0v) is 13.0. The van der Waals surface area contributed by atoms with Crippen molar-refractivity contribution in [2.75, 3.05) is 26.8 Å². The molecule has 0 spiro atoms. The maximum absolute atomic E-state index is 13.7. The number of hydrogen-bond acceptors (Lipinski definition) is 2. The Labute approximate surface area is 122 Å². The van der Waals surface area contributed by atoms with Crippen molar-refractivity contribution >= 4 is 0 Å². The zero-order chi connectivity index (χ0) is 14.8. The van der Waals surface area contributed by atoms with E-state index in [1.54, 1.807) is 19.2 Å². The van der Waals surface area contributed by atoms with Crippen molar-refractivity contribution in [2.45, 2.75) is 33.1 Å². The van der Waals surface area contributed by atoms with Gasteiger partial charge >= 0.3 is 0 Å². The molecule has 114 valence electrons. The monoisotopic (exact) mass is 281 g/mol. The van der Waals surface area contributed by atoms with E-state index in [1.807, 2.05) is 12.1 Å². The van der Waals surface area contributed by atoms with Crippen LogP contribution < -0.4 is 5.32 Å². The molecule has 1 aromatic carbocycles. The van der Waals surface area contributed by atoms with Gasteiger partial charge in [0.2, 0.25) is 0 Å². The van der Waals surface area contributed by atoms with E-state index in [-0.39, 0.29) is 5.82 Å². The number of benzene rings is 1. The molecule has 1 aromatic rings. The Hall–Kier alpha value is -0.930. The molecule has 2 nitrogen and oxygen atoms in total. The van der Waals surface area contributed by atoms with Crippen LogP contribution in [0.15, 0.2) is 24.3 Å². The summed E-state index contributed by atoms with van der Waals surface area (Å²) in [6, 6.07) is 7.09. The molecule has 0 radical (unpaired) electrons. The first-order chi connectivity index (χ1) is 9.63. The number of methoxy groups -OCH3 is 1. The zero-order valence-electron chi connectivity index (χ0n) is 13.0. The predicted octanol–water partition coefficient (Wildman–Crippen LogP) is 3.66. The van der Waals surface area contributed by atoms with Crippen LogP contribution in [0, 0.1) is 17.7 Å². The molecular formula is C17H28FNO. The lowest BCUT2D eigenvalue weighted by Gasteiger charge is -2.19. The Balaban J connectivity index is 2.50. The molecule has 1 rings (SSSR count). The summed E-state index contributed by atoms with van der Waals surface area (Å²) in [5.41, 5.74) is 0.821. The van der Waals surface area contributed by atoms with Gasteiger partial charge in [0.25, 0.3) is 0 Å². The van der Waals surface area contributed by atoms with Crippen LogP contribution in [0.1, 0.15) is 32.3 Å². The molecule has 0 amide bonds. The highest BCUT2D eigenvalue weighted by atomic mass is 19.1. The van der Waals surface area contributed by atoms with Crippen molar-refractivity contribution in [3.63, 3.8) is 0 Å². The van der Waals surface area contributed by atoms with Crippen LogP contribution in [0.2, 0.25) is 0 Å². The maximum atomic E-state index is 13.7. The van der Waals surface area contributed by atoms with E-state index in [1.165, 1.54) is 0 Å². The minimum Gasteiger partial charge on any atom is -0.385 e. The van der Waals surface area contributed by atoms with Crippen LogP contribution >= 0.6 is 0 Å². The number of ether oxygens (including phenoxy) is 1. The SMILES string of the molecule is COCCCC(CNCC(C)C)Cc1ccccc1F. The first-order valence-electron chi connectivity index (χ1n) is 7.56. The second kappa shape index (κ2) is 9.89. The quantitative estimate of drug-likeness (QED) is 0.661. The summed E-state index contributed by atoms with van der Waals surface area (Å²) >= 11 is 0. The summed E-state index contributed by atoms with van der Waals surface area (Å²) in [6.45, 7) is 7.12. The van der Waals surface area contributed by atoms with Crippen molar-refractivity contribution in [3.05, 3.63) is 35.6 Å². The van der Waals surface area contributed by atoms with Crippen LogP contribution in [-0.2, 0) is 11.2 Å².